The van der Waals surface area contributed by atoms with Crippen LogP contribution in [0.3, 0.4) is 0 Å². The van der Waals surface area contributed by atoms with Gasteiger partial charge in [-0.3, -0.25) is 9.59 Å². The van der Waals surface area contributed by atoms with Gasteiger partial charge >= 0.3 is 0 Å². The highest BCUT2D eigenvalue weighted by atomic mass is 16.2. The molecule has 0 aromatic carbocycles. The van der Waals surface area contributed by atoms with Crippen LogP contribution in [0.2, 0.25) is 0 Å². The Balaban J connectivity index is 1.61. The standard InChI is InChI=1S/C14H23N7O2/c1-13(2)8-15-12(23)14(16-9-13)3-5-20(6-4-14)11(22)7-21-10-17-18-19-21/h10,16H,3-9H2,1-2H3,(H,15,23). The molecule has 1 aromatic heterocycles. The third kappa shape index (κ3) is 3.34. The van der Waals surface area contributed by atoms with Crippen LogP contribution < -0.4 is 10.6 Å². The van der Waals surface area contributed by atoms with Gasteiger partial charge in [-0.1, -0.05) is 13.8 Å². The second kappa shape index (κ2) is 5.88. The average Bonchev–Trinajstić information content (AvgIpc) is 3.00. The van der Waals surface area contributed by atoms with E-state index in [1.807, 2.05) is 0 Å². The van der Waals surface area contributed by atoms with Gasteiger partial charge in [0.2, 0.25) is 11.8 Å². The normalized spacial score (nSPS) is 23.4. The summed E-state index contributed by atoms with van der Waals surface area (Å²) in [7, 11) is 0. The maximum absolute atomic E-state index is 12.5. The van der Waals surface area contributed by atoms with E-state index in [0.29, 0.717) is 32.5 Å². The van der Waals surface area contributed by atoms with E-state index in [0.717, 1.165) is 6.54 Å². The Morgan fingerprint density at radius 2 is 2.04 bits per heavy atom. The molecule has 1 aromatic rings. The fourth-order valence-electron chi connectivity index (χ4n) is 3.07. The summed E-state index contributed by atoms with van der Waals surface area (Å²) in [5.41, 5.74) is -0.522. The van der Waals surface area contributed by atoms with Crippen LogP contribution in [0.15, 0.2) is 6.33 Å². The van der Waals surface area contributed by atoms with Gasteiger partial charge in [-0.2, -0.15) is 0 Å². The molecule has 2 fully saturated rings. The predicted octanol–water partition coefficient (Wildman–Crippen LogP) is -1.22. The number of carbonyl (C=O) groups excluding carboxylic acids is 2. The highest BCUT2D eigenvalue weighted by Gasteiger charge is 2.44. The van der Waals surface area contributed by atoms with E-state index in [4.69, 9.17) is 0 Å². The summed E-state index contributed by atoms with van der Waals surface area (Å²) in [4.78, 5) is 26.6. The number of carbonyl (C=O) groups is 2. The number of piperidine rings is 1. The molecule has 2 aliphatic heterocycles. The molecule has 2 N–H and O–H groups in total. The first-order chi connectivity index (χ1) is 10.9. The number of tetrazole rings is 1. The Morgan fingerprint density at radius 3 is 2.70 bits per heavy atom. The molecule has 0 atom stereocenters. The number of likely N-dealkylation sites (tertiary alicyclic amines) is 1. The van der Waals surface area contributed by atoms with Crippen molar-refractivity contribution in [3.05, 3.63) is 6.33 Å². The lowest BCUT2D eigenvalue weighted by Crippen LogP contribution is -2.61. The molecule has 2 saturated heterocycles. The van der Waals surface area contributed by atoms with Crippen molar-refractivity contribution in [1.82, 2.24) is 35.7 Å². The van der Waals surface area contributed by atoms with Crippen molar-refractivity contribution in [2.75, 3.05) is 26.2 Å². The quantitative estimate of drug-likeness (QED) is 0.707. The number of nitrogens with zero attached hydrogens (tertiary/aromatic N) is 5. The molecule has 2 amide bonds. The van der Waals surface area contributed by atoms with Crippen LogP contribution in [-0.4, -0.2) is 68.6 Å². The van der Waals surface area contributed by atoms with Gasteiger partial charge < -0.3 is 15.5 Å². The van der Waals surface area contributed by atoms with Crippen molar-refractivity contribution >= 4 is 11.8 Å². The van der Waals surface area contributed by atoms with Gasteiger partial charge in [0, 0.05) is 26.2 Å². The van der Waals surface area contributed by atoms with Gasteiger partial charge in [-0.05, 0) is 28.7 Å². The van der Waals surface area contributed by atoms with Gasteiger partial charge in [-0.15, -0.1) is 5.10 Å². The maximum atomic E-state index is 12.5. The summed E-state index contributed by atoms with van der Waals surface area (Å²) in [5, 5.41) is 17.2. The Labute approximate surface area is 134 Å². The summed E-state index contributed by atoms with van der Waals surface area (Å²) < 4.78 is 1.41. The third-order valence-electron chi connectivity index (χ3n) is 4.73. The van der Waals surface area contributed by atoms with Crippen LogP contribution in [0.5, 0.6) is 0 Å². The SMILES string of the molecule is CC1(C)CNC(=O)C2(CCN(C(=O)Cn3cnnn3)CC2)NC1. The predicted molar refractivity (Wildman–Crippen MR) is 81.2 cm³/mol. The fourth-order valence-corrected chi connectivity index (χ4v) is 3.07. The van der Waals surface area contributed by atoms with Crippen molar-refractivity contribution < 1.29 is 9.59 Å². The van der Waals surface area contributed by atoms with Crippen LogP contribution in [0.4, 0.5) is 0 Å². The summed E-state index contributed by atoms with van der Waals surface area (Å²) in [6.07, 6.45) is 2.66. The molecule has 2 aliphatic rings. The molecule has 0 bridgehead atoms. The summed E-state index contributed by atoms with van der Waals surface area (Å²) in [6.45, 7) is 6.96. The van der Waals surface area contributed by atoms with E-state index in [9.17, 15) is 9.59 Å². The number of amides is 2. The lowest BCUT2D eigenvalue weighted by atomic mass is 9.86. The van der Waals surface area contributed by atoms with Gasteiger partial charge in [0.05, 0.1) is 0 Å². The smallest absolute Gasteiger partial charge is 0.244 e. The second-order valence-corrected chi connectivity index (χ2v) is 7.17. The van der Waals surface area contributed by atoms with Gasteiger partial charge in [-0.25, -0.2) is 4.68 Å². The molecule has 0 aliphatic carbocycles. The van der Waals surface area contributed by atoms with Gasteiger partial charge in [0.1, 0.15) is 18.4 Å². The van der Waals surface area contributed by atoms with Crippen LogP contribution in [-0.2, 0) is 16.1 Å². The molecule has 1 spiro atoms. The van der Waals surface area contributed by atoms with Crippen LogP contribution in [0.25, 0.3) is 0 Å². The van der Waals surface area contributed by atoms with E-state index >= 15 is 0 Å². The van der Waals surface area contributed by atoms with Crippen molar-refractivity contribution in [2.24, 2.45) is 5.41 Å². The molecule has 3 rings (SSSR count). The minimum atomic E-state index is -0.556. The zero-order valence-electron chi connectivity index (χ0n) is 13.6. The van der Waals surface area contributed by atoms with Gasteiger partial charge in [0.15, 0.2) is 0 Å². The Morgan fingerprint density at radius 1 is 1.30 bits per heavy atom. The summed E-state index contributed by atoms with van der Waals surface area (Å²) >= 11 is 0. The molecule has 9 heteroatoms. The first kappa shape index (κ1) is 15.9. The second-order valence-electron chi connectivity index (χ2n) is 7.17. The van der Waals surface area contributed by atoms with Crippen molar-refractivity contribution in [1.29, 1.82) is 0 Å². The monoisotopic (exact) mass is 321 g/mol. The minimum absolute atomic E-state index is 0.0264. The molecular formula is C14H23N7O2. The molecule has 0 saturated carbocycles. The number of rotatable bonds is 2. The van der Waals surface area contributed by atoms with E-state index in [-0.39, 0.29) is 23.8 Å². The Bertz CT molecular complexity index is 576. The number of hydrogen-bond donors (Lipinski definition) is 2. The van der Waals surface area contributed by atoms with Crippen molar-refractivity contribution in [3.8, 4) is 0 Å². The zero-order chi connectivity index (χ0) is 16.5. The van der Waals surface area contributed by atoms with Crippen LogP contribution >= 0.6 is 0 Å². The Hall–Kier alpha value is -2.03. The molecule has 9 nitrogen and oxygen atoms in total. The molecule has 0 radical (unpaired) electrons. The van der Waals surface area contributed by atoms with Crippen molar-refractivity contribution in [3.63, 3.8) is 0 Å². The third-order valence-corrected chi connectivity index (χ3v) is 4.73. The molecular weight excluding hydrogens is 298 g/mol. The largest absolute Gasteiger partial charge is 0.354 e. The van der Waals surface area contributed by atoms with Crippen LogP contribution in [0, 0.1) is 5.41 Å². The minimum Gasteiger partial charge on any atom is -0.354 e. The summed E-state index contributed by atoms with van der Waals surface area (Å²) in [5.74, 6) is 0.0251. The van der Waals surface area contributed by atoms with Gasteiger partial charge in [0.25, 0.3) is 0 Å². The fraction of sp³-hybridized carbons (Fsp3) is 0.786. The van der Waals surface area contributed by atoms with E-state index < -0.39 is 5.54 Å². The summed E-state index contributed by atoms with van der Waals surface area (Å²) in [6, 6.07) is 0. The first-order valence-corrected chi connectivity index (χ1v) is 7.92. The first-order valence-electron chi connectivity index (χ1n) is 7.92. The Kier molecular flexibility index (Phi) is 4.05. The van der Waals surface area contributed by atoms with E-state index in [1.54, 1.807) is 4.90 Å². The van der Waals surface area contributed by atoms with E-state index in [1.165, 1.54) is 11.0 Å². The molecule has 126 valence electrons. The lowest BCUT2D eigenvalue weighted by Gasteiger charge is -2.40. The topological polar surface area (TPSA) is 105 Å². The number of hydrogen-bond acceptors (Lipinski definition) is 6. The highest BCUT2D eigenvalue weighted by molar-refractivity contribution is 5.87. The van der Waals surface area contributed by atoms with E-state index in [2.05, 4.69) is 40.0 Å². The molecule has 0 unspecified atom stereocenters. The maximum Gasteiger partial charge on any atom is 0.244 e. The zero-order valence-corrected chi connectivity index (χ0v) is 13.6. The number of aromatic nitrogens is 4. The lowest BCUT2D eigenvalue weighted by molar-refractivity contribution is -0.137. The van der Waals surface area contributed by atoms with Crippen molar-refractivity contribution in [2.45, 2.75) is 38.8 Å². The highest BCUT2D eigenvalue weighted by Crippen LogP contribution is 2.27. The molecule has 3 heterocycles. The number of nitrogens with one attached hydrogen (secondary N) is 2. The average molecular weight is 321 g/mol. The molecule has 23 heavy (non-hydrogen) atoms. The van der Waals surface area contributed by atoms with Crippen LogP contribution in [0.1, 0.15) is 26.7 Å².